The monoisotopic (exact) mass is 305 g/mol. The molecule has 8 nitrogen and oxygen atoms in total. The van der Waals surface area contributed by atoms with Crippen molar-refractivity contribution in [3.63, 3.8) is 0 Å². The lowest BCUT2D eigenvalue weighted by Crippen LogP contribution is -2.33. The van der Waals surface area contributed by atoms with Gasteiger partial charge in [0.15, 0.2) is 5.82 Å². The molecule has 2 aromatic rings. The van der Waals surface area contributed by atoms with Crippen LogP contribution in [-0.4, -0.2) is 39.2 Å². The molecule has 1 aliphatic heterocycles. The summed E-state index contributed by atoms with van der Waals surface area (Å²) in [6.45, 7) is 4.87. The molecule has 8 heteroatoms. The first-order valence-corrected chi connectivity index (χ1v) is 7.45. The maximum Gasteiger partial charge on any atom is 0.240 e. The number of rotatable bonds is 5. The Labute approximate surface area is 127 Å². The Morgan fingerprint density at radius 2 is 2.32 bits per heavy atom. The molecule has 1 amide bonds. The lowest BCUT2D eigenvalue weighted by Gasteiger charge is -2.20. The molecule has 1 atom stereocenters. The zero-order valence-electron chi connectivity index (χ0n) is 12.7. The molecule has 0 spiro atoms. The molecular weight excluding hydrogens is 286 g/mol. The number of hydrogen-bond acceptors (Lipinski definition) is 7. The van der Waals surface area contributed by atoms with E-state index < -0.39 is 0 Å². The summed E-state index contributed by atoms with van der Waals surface area (Å²) < 4.78 is 10.2. The van der Waals surface area contributed by atoms with E-state index in [1.165, 1.54) is 0 Å². The maximum absolute atomic E-state index is 12.1. The molecule has 1 N–H and O–H groups in total. The zero-order valence-corrected chi connectivity index (χ0v) is 12.7. The standard InChI is InChI=1S/C14H19N5O3/c1-3-12-16-14(18-21-12)10-5-4-6-19(10)8-11(20)15-13-7-9(2)17-22-13/h7,10H,3-6,8H2,1-2H3,(H,15,20)/t10-/m1/s1. The summed E-state index contributed by atoms with van der Waals surface area (Å²) in [5, 5.41) is 10.5. The van der Waals surface area contributed by atoms with Crippen LogP contribution in [0.5, 0.6) is 0 Å². The molecule has 118 valence electrons. The van der Waals surface area contributed by atoms with Crippen molar-refractivity contribution >= 4 is 11.8 Å². The summed E-state index contributed by atoms with van der Waals surface area (Å²) in [6, 6.07) is 1.72. The SMILES string of the molecule is CCc1nc([C@H]2CCCN2CC(=O)Nc2cc(C)no2)no1. The molecule has 0 radical (unpaired) electrons. The van der Waals surface area contributed by atoms with E-state index in [9.17, 15) is 4.79 Å². The van der Waals surface area contributed by atoms with Gasteiger partial charge in [0.2, 0.25) is 17.7 Å². The molecule has 0 aliphatic carbocycles. The molecule has 1 fully saturated rings. The predicted octanol–water partition coefficient (Wildman–Crippen LogP) is 1.70. The van der Waals surface area contributed by atoms with Gasteiger partial charge in [-0.1, -0.05) is 17.2 Å². The number of likely N-dealkylation sites (tertiary alicyclic amines) is 1. The highest BCUT2D eigenvalue weighted by Crippen LogP contribution is 2.29. The Morgan fingerprint density at radius 3 is 3.00 bits per heavy atom. The average Bonchev–Trinajstić information content (AvgIpc) is 3.19. The molecule has 0 aromatic carbocycles. The minimum Gasteiger partial charge on any atom is -0.339 e. The van der Waals surface area contributed by atoms with Gasteiger partial charge in [-0.25, -0.2) is 0 Å². The van der Waals surface area contributed by atoms with Gasteiger partial charge in [-0.3, -0.25) is 15.0 Å². The van der Waals surface area contributed by atoms with Crippen LogP contribution in [0.15, 0.2) is 15.1 Å². The predicted molar refractivity (Wildman–Crippen MR) is 77.1 cm³/mol. The van der Waals surface area contributed by atoms with E-state index in [4.69, 9.17) is 9.05 Å². The van der Waals surface area contributed by atoms with Crippen molar-refractivity contribution < 1.29 is 13.8 Å². The van der Waals surface area contributed by atoms with Crippen molar-refractivity contribution in [2.45, 2.75) is 39.2 Å². The summed E-state index contributed by atoms with van der Waals surface area (Å²) in [4.78, 5) is 18.5. The lowest BCUT2D eigenvalue weighted by atomic mass is 10.2. The van der Waals surface area contributed by atoms with Crippen molar-refractivity contribution in [2.24, 2.45) is 0 Å². The van der Waals surface area contributed by atoms with E-state index in [0.29, 0.717) is 24.0 Å². The smallest absolute Gasteiger partial charge is 0.240 e. The summed E-state index contributed by atoms with van der Waals surface area (Å²) >= 11 is 0. The van der Waals surface area contributed by atoms with Crippen LogP contribution in [0.4, 0.5) is 5.88 Å². The van der Waals surface area contributed by atoms with Gasteiger partial charge < -0.3 is 9.05 Å². The van der Waals surface area contributed by atoms with Gasteiger partial charge in [-0.15, -0.1) is 0 Å². The quantitative estimate of drug-likeness (QED) is 0.897. The number of nitrogens with zero attached hydrogens (tertiary/aromatic N) is 4. The minimum absolute atomic E-state index is 0.0336. The fraction of sp³-hybridized carbons (Fsp3) is 0.571. The van der Waals surface area contributed by atoms with Crippen molar-refractivity contribution in [3.8, 4) is 0 Å². The first-order chi connectivity index (χ1) is 10.7. The van der Waals surface area contributed by atoms with Crippen molar-refractivity contribution in [1.82, 2.24) is 20.2 Å². The van der Waals surface area contributed by atoms with Gasteiger partial charge in [-0.2, -0.15) is 4.98 Å². The second-order valence-corrected chi connectivity index (χ2v) is 5.41. The van der Waals surface area contributed by atoms with Crippen LogP contribution in [0.25, 0.3) is 0 Å². The number of hydrogen-bond donors (Lipinski definition) is 1. The van der Waals surface area contributed by atoms with Crippen molar-refractivity contribution in [1.29, 1.82) is 0 Å². The Kier molecular flexibility index (Phi) is 4.19. The van der Waals surface area contributed by atoms with Crippen molar-refractivity contribution in [3.05, 3.63) is 23.5 Å². The maximum atomic E-state index is 12.1. The summed E-state index contributed by atoms with van der Waals surface area (Å²) in [7, 11) is 0. The molecule has 0 saturated carbocycles. The molecule has 2 aromatic heterocycles. The summed E-state index contributed by atoms with van der Waals surface area (Å²) in [5.41, 5.74) is 0.730. The van der Waals surface area contributed by atoms with Crippen LogP contribution in [0, 0.1) is 6.92 Å². The topological polar surface area (TPSA) is 97.3 Å². The van der Waals surface area contributed by atoms with Gasteiger partial charge in [0.1, 0.15) is 0 Å². The van der Waals surface area contributed by atoms with Crippen LogP contribution < -0.4 is 5.32 Å². The number of aromatic nitrogens is 3. The van der Waals surface area contributed by atoms with E-state index in [1.54, 1.807) is 13.0 Å². The highest BCUT2D eigenvalue weighted by molar-refractivity contribution is 5.91. The number of amides is 1. The molecule has 1 aliphatic rings. The first-order valence-electron chi connectivity index (χ1n) is 7.45. The highest BCUT2D eigenvalue weighted by atomic mass is 16.5. The largest absolute Gasteiger partial charge is 0.339 e. The number of carbonyl (C=O) groups excluding carboxylic acids is 1. The third-order valence-corrected chi connectivity index (χ3v) is 3.69. The fourth-order valence-corrected chi connectivity index (χ4v) is 2.64. The van der Waals surface area contributed by atoms with E-state index in [0.717, 1.165) is 25.1 Å². The third-order valence-electron chi connectivity index (χ3n) is 3.69. The Balaban J connectivity index is 1.62. The fourth-order valence-electron chi connectivity index (χ4n) is 2.64. The van der Waals surface area contributed by atoms with E-state index >= 15 is 0 Å². The Bertz CT molecular complexity index is 650. The number of anilines is 1. The van der Waals surface area contributed by atoms with Crippen LogP contribution >= 0.6 is 0 Å². The molecule has 3 rings (SSSR count). The van der Waals surface area contributed by atoms with Gasteiger partial charge in [0, 0.05) is 12.5 Å². The van der Waals surface area contributed by atoms with Gasteiger partial charge >= 0.3 is 0 Å². The van der Waals surface area contributed by atoms with Gasteiger partial charge in [0.25, 0.3) is 0 Å². The van der Waals surface area contributed by atoms with Gasteiger partial charge in [0.05, 0.1) is 18.3 Å². The molecule has 1 saturated heterocycles. The Hall–Kier alpha value is -2.22. The molecule has 22 heavy (non-hydrogen) atoms. The molecule has 0 unspecified atom stereocenters. The lowest BCUT2D eigenvalue weighted by molar-refractivity contribution is -0.117. The average molecular weight is 305 g/mol. The highest BCUT2D eigenvalue weighted by Gasteiger charge is 2.31. The normalized spacial score (nSPS) is 18.7. The van der Waals surface area contributed by atoms with Crippen LogP contribution in [0.1, 0.15) is 43.2 Å². The second kappa shape index (κ2) is 6.27. The Morgan fingerprint density at radius 1 is 1.45 bits per heavy atom. The van der Waals surface area contributed by atoms with Gasteiger partial charge in [-0.05, 0) is 26.3 Å². The van der Waals surface area contributed by atoms with Crippen LogP contribution in [0.2, 0.25) is 0 Å². The van der Waals surface area contributed by atoms with Crippen molar-refractivity contribution in [2.75, 3.05) is 18.4 Å². The first kappa shape index (κ1) is 14.7. The minimum atomic E-state index is -0.137. The number of carbonyl (C=O) groups is 1. The van der Waals surface area contributed by atoms with E-state index in [1.807, 2.05) is 6.92 Å². The van der Waals surface area contributed by atoms with E-state index in [-0.39, 0.29) is 18.5 Å². The second-order valence-electron chi connectivity index (χ2n) is 5.41. The molecule has 0 bridgehead atoms. The number of nitrogens with one attached hydrogen (secondary N) is 1. The van der Waals surface area contributed by atoms with Crippen LogP contribution in [0.3, 0.4) is 0 Å². The number of aryl methyl sites for hydroxylation is 2. The zero-order chi connectivity index (χ0) is 15.5. The summed E-state index contributed by atoms with van der Waals surface area (Å²) in [6.07, 6.45) is 2.65. The molecule has 3 heterocycles. The molecular formula is C14H19N5O3. The van der Waals surface area contributed by atoms with E-state index in [2.05, 4.69) is 25.5 Å². The third kappa shape index (κ3) is 3.16. The van der Waals surface area contributed by atoms with Crippen LogP contribution in [-0.2, 0) is 11.2 Å². The summed E-state index contributed by atoms with van der Waals surface area (Å²) in [5.74, 6) is 1.52.